The Balaban J connectivity index is 1.92. The molecule has 2 aromatic carbocycles. The van der Waals surface area contributed by atoms with Crippen LogP contribution >= 0.6 is 28.5 Å². The van der Waals surface area contributed by atoms with E-state index in [0.29, 0.717) is 35.8 Å². The molecule has 2 N–H and O–H groups in total. The molecule has 1 heterocycles. The average Bonchev–Trinajstić information content (AvgIpc) is 3.24. The first-order valence-electron chi connectivity index (χ1n) is 9.52. The van der Waals surface area contributed by atoms with Gasteiger partial charge in [-0.3, -0.25) is 4.79 Å². The number of nitrogens with zero attached hydrogens (tertiary/aromatic N) is 1. The number of nitrogens with one attached hydrogen (secondary N) is 2. The standard InChI is InChI=1S/C22H23IN3O3P/c1-13(2)15-4-6-16(7-5-15)18-10-20(19(11-24)17-8-9-28-21(17)18)25-12-14(3)22(27)26-29-30-23/h4-7,10,13,25,30H,3,8-9,12H2,1-2H3,(H,26,27). The van der Waals surface area contributed by atoms with Gasteiger partial charge in [-0.1, -0.05) is 44.7 Å². The van der Waals surface area contributed by atoms with E-state index < -0.39 is 0 Å². The van der Waals surface area contributed by atoms with E-state index >= 15 is 0 Å². The fraction of sp³-hybridized carbons (Fsp3) is 0.273. The van der Waals surface area contributed by atoms with E-state index in [1.165, 1.54) is 5.56 Å². The number of rotatable bonds is 8. The quantitative estimate of drug-likeness (QED) is 0.209. The van der Waals surface area contributed by atoms with Crippen molar-refractivity contribution in [3.63, 3.8) is 0 Å². The van der Waals surface area contributed by atoms with E-state index in [2.05, 4.69) is 61.6 Å². The number of nitriles is 1. The highest BCUT2D eigenvalue weighted by Crippen LogP contribution is 2.42. The maximum Gasteiger partial charge on any atom is 0.272 e. The number of carbonyl (C=O) groups excluding carboxylic acids is 1. The van der Waals surface area contributed by atoms with Crippen LogP contribution in [0.15, 0.2) is 42.5 Å². The first-order valence-corrected chi connectivity index (χ1v) is 13.5. The van der Waals surface area contributed by atoms with E-state index in [1.807, 2.05) is 28.1 Å². The summed E-state index contributed by atoms with van der Waals surface area (Å²) < 4.78 is 10.8. The molecule has 156 valence electrons. The van der Waals surface area contributed by atoms with Crippen LogP contribution in [0, 0.1) is 11.3 Å². The molecule has 0 saturated heterocycles. The van der Waals surface area contributed by atoms with Crippen molar-refractivity contribution in [2.24, 2.45) is 0 Å². The number of carbonyl (C=O) groups is 1. The Hall–Kier alpha value is -2.14. The molecule has 1 unspecified atom stereocenters. The van der Waals surface area contributed by atoms with Gasteiger partial charge < -0.3 is 10.1 Å². The summed E-state index contributed by atoms with van der Waals surface area (Å²) in [7, 11) is 0. The van der Waals surface area contributed by atoms with Crippen molar-refractivity contribution in [2.45, 2.75) is 26.2 Å². The van der Waals surface area contributed by atoms with E-state index in [4.69, 9.17) is 9.36 Å². The van der Waals surface area contributed by atoms with Crippen LogP contribution in [0.3, 0.4) is 0 Å². The number of hydroxylamine groups is 1. The highest BCUT2D eigenvalue weighted by molar-refractivity contribution is 14.2. The van der Waals surface area contributed by atoms with E-state index in [1.54, 1.807) is 0 Å². The molecule has 1 amide bonds. The normalized spacial score (nSPS) is 12.5. The minimum absolute atomic E-state index is 0.119. The molecule has 0 aromatic heterocycles. The van der Waals surface area contributed by atoms with Gasteiger partial charge in [0, 0.05) is 29.7 Å². The number of ether oxygens (including phenoxy) is 1. The SMILES string of the molecule is C=C(CNc1cc(-c2ccc(C(C)C)cc2)c2c(c1C#N)CCO2)C(=O)NOPI. The number of hydrogen-bond donors (Lipinski definition) is 2. The van der Waals surface area contributed by atoms with Crippen molar-refractivity contribution in [1.82, 2.24) is 5.48 Å². The first kappa shape index (κ1) is 22.5. The summed E-state index contributed by atoms with van der Waals surface area (Å²) in [5.74, 6) is 0.828. The van der Waals surface area contributed by atoms with Crippen molar-refractivity contribution in [3.8, 4) is 22.9 Å². The van der Waals surface area contributed by atoms with Gasteiger partial charge in [-0.2, -0.15) is 5.26 Å². The molecular formula is C22H23IN3O3P. The first-order chi connectivity index (χ1) is 14.5. The molecule has 3 rings (SSSR count). The summed E-state index contributed by atoms with van der Waals surface area (Å²) in [5, 5.41) is 13.0. The second kappa shape index (κ2) is 10.3. The molecular weight excluding hydrogens is 512 g/mol. The average molecular weight is 535 g/mol. The molecule has 0 aliphatic carbocycles. The molecule has 30 heavy (non-hydrogen) atoms. The summed E-state index contributed by atoms with van der Waals surface area (Å²) in [6.45, 7) is 8.98. The number of halogens is 1. The highest BCUT2D eigenvalue weighted by atomic mass is 127. The van der Waals surface area contributed by atoms with Gasteiger partial charge in [0.05, 0.1) is 17.9 Å². The van der Waals surface area contributed by atoms with Crippen LogP contribution in [-0.2, 0) is 15.8 Å². The lowest BCUT2D eigenvalue weighted by molar-refractivity contribution is -0.123. The molecule has 1 aliphatic rings. The van der Waals surface area contributed by atoms with Crippen molar-refractivity contribution < 1.29 is 14.2 Å². The van der Waals surface area contributed by atoms with Crippen LogP contribution in [0.1, 0.15) is 36.5 Å². The number of amides is 1. The van der Waals surface area contributed by atoms with E-state index in [-0.39, 0.29) is 18.9 Å². The lowest BCUT2D eigenvalue weighted by Gasteiger charge is -2.16. The Labute approximate surface area is 191 Å². The van der Waals surface area contributed by atoms with E-state index in [9.17, 15) is 10.1 Å². The summed E-state index contributed by atoms with van der Waals surface area (Å²) in [4.78, 5) is 12.0. The zero-order valence-electron chi connectivity index (χ0n) is 16.8. The van der Waals surface area contributed by atoms with Crippen molar-refractivity contribution in [3.05, 3.63) is 59.2 Å². The predicted molar refractivity (Wildman–Crippen MR) is 129 cm³/mol. The zero-order valence-corrected chi connectivity index (χ0v) is 20.0. The summed E-state index contributed by atoms with van der Waals surface area (Å²) in [6, 6.07) is 12.6. The molecule has 0 fully saturated rings. The number of benzene rings is 2. The van der Waals surface area contributed by atoms with Crippen molar-refractivity contribution in [2.75, 3.05) is 18.5 Å². The number of fused-ring (bicyclic) bond motifs is 1. The monoisotopic (exact) mass is 535 g/mol. The Morgan fingerprint density at radius 1 is 1.40 bits per heavy atom. The topological polar surface area (TPSA) is 83.4 Å². The molecule has 0 spiro atoms. The number of anilines is 1. The van der Waals surface area contributed by atoms with Crippen molar-refractivity contribution in [1.29, 1.82) is 5.26 Å². The lowest BCUT2D eigenvalue weighted by Crippen LogP contribution is -2.25. The Kier molecular flexibility index (Phi) is 7.70. The van der Waals surface area contributed by atoms with Gasteiger partial charge in [0.1, 0.15) is 18.3 Å². The van der Waals surface area contributed by atoms with Crippen LogP contribution in [0.4, 0.5) is 5.69 Å². The molecule has 0 bridgehead atoms. The third-order valence-electron chi connectivity index (χ3n) is 4.97. The van der Waals surface area contributed by atoms with Gasteiger partial charge in [-0.25, -0.2) is 10.1 Å². The smallest absolute Gasteiger partial charge is 0.272 e. The van der Waals surface area contributed by atoms with Gasteiger partial charge in [-0.05, 0) is 45.2 Å². The largest absolute Gasteiger partial charge is 0.492 e. The third kappa shape index (κ3) is 4.94. The predicted octanol–water partition coefficient (Wildman–Crippen LogP) is 5.24. The fourth-order valence-electron chi connectivity index (χ4n) is 3.33. The number of hydrogen-bond acceptors (Lipinski definition) is 5. The Morgan fingerprint density at radius 3 is 2.77 bits per heavy atom. The van der Waals surface area contributed by atoms with E-state index in [0.717, 1.165) is 22.4 Å². The van der Waals surface area contributed by atoms with Crippen LogP contribution in [0.5, 0.6) is 5.75 Å². The molecule has 0 saturated carbocycles. The summed E-state index contributed by atoms with van der Waals surface area (Å²) in [6.07, 6.45) is 0.677. The second-order valence-electron chi connectivity index (χ2n) is 7.21. The maximum atomic E-state index is 12.0. The van der Waals surface area contributed by atoms with Crippen LogP contribution < -0.4 is 15.5 Å². The second-order valence-corrected chi connectivity index (χ2v) is 8.89. The van der Waals surface area contributed by atoms with Gasteiger partial charge in [0.2, 0.25) is 0 Å². The molecule has 1 atom stereocenters. The third-order valence-corrected chi connectivity index (χ3v) is 5.81. The molecule has 8 heteroatoms. The highest BCUT2D eigenvalue weighted by Gasteiger charge is 2.24. The molecule has 1 aliphatic heterocycles. The Bertz CT molecular complexity index is 1000. The maximum absolute atomic E-state index is 12.0. The van der Waals surface area contributed by atoms with Gasteiger partial charge in [-0.15, -0.1) is 0 Å². The Morgan fingerprint density at radius 2 is 2.13 bits per heavy atom. The molecule has 0 radical (unpaired) electrons. The van der Waals surface area contributed by atoms with Gasteiger partial charge >= 0.3 is 0 Å². The van der Waals surface area contributed by atoms with Crippen LogP contribution in [-0.4, -0.2) is 19.1 Å². The summed E-state index contributed by atoms with van der Waals surface area (Å²) in [5.41, 5.74) is 7.97. The summed E-state index contributed by atoms with van der Waals surface area (Å²) >= 11 is 2.01. The molecule has 6 nitrogen and oxygen atoms in total. The van der Waals surface area contributed by atoms with Crippen molar-refractivity contribution >= 4 is 40.1 Å². The fourth-order valence-corrected chi connectivity index (χ4v) is 3.79. The van der Waals surface area contributed by atoms with Gasteiger partial charge in [0.25, 0.3) is 5.91 Å². The minimum atomic E-state index is -0.390. The zero-order chi connectivity index (χ0) is 21.7. The lowest BCUT2D eigenvalue weighted by atomic mass is 9.94. The van der Waals surface area contributed by atoms with Gasteiger partial charge in [0.15, 0.2) is 0 Å². The van der Waals surface area contributed by atoms with Crippen LogP contribution in [0.2, 0.25) is 0 Å². The minimum Gasteiger partial charge on any atom is -0.492 e. The molecule has 2 aromatic rings. The van der Waals surface area contributed by atoms with Crippen LogP contribution in [0.25, 0.3) is 11.1 Å².